The molecular weight excluding hydrogens is 479 g/mol. The van der Waals surface area contributed by atoms with Crippen molar-refractivity contribution in [2.24, 2.45) is 0 Å². The van der Waals surface area contributed by atoms with Crippen molar-refractivity contribution in [1.29, 1.82) is 5.26 Å². The molecule has 9 heteroatoms. The van der Waals surface area contributed by atoms with Gasteiger partial charge in [0, 0.05) is 30.4 Å². The molecule has 2 aromatic carbocycles. The zero-order valence-corrected chi connectivity index (χ0v) is 21.9. The van der Waals surface area contributed by atoms with Gasteiger partial charge in [-0.1, -0.05) is 54.6 Å². The average Bonchev–Trinajstić information content (AvgIpc) is 3.34. The Bertz CT molecular complexity index is 1370. The number of ether oxygens (including phenoxy) is 1. The number of nitriles is 1. The first-order valence-corrected chi connectivity index (χ1v) is 12.6. The Balaban J connectivity index is 1.29. The maximum Gasteiger partial charge on any atom is 0.492 e. The number of carbonyl (C=O) groups excluding carboxylic acids is 1. The van der Waals surface area contributed by atoms with Gasteiger partial charge in [0.25, 0.3) is 0 Å². The number of hydrogen-bond donors (Lipinski definition) is 1. The molecule has 3 aromatic rings. The van der Waals surface area contributed by atoms with Crippen LogP contribution in [0.3, 0.4) is 0 Å². The van der Waals surface area contributed by atoms with E-state index < -0.39 is 24.4 Å². The molecule has 1 amide bonds. The molecule has 1 fully saturated rings. The smallest absolute Gasteiger partial charge is 0.449 e. The predicted molar refractivity (Wildman–Crippen MR) is 144 cm³/mol. The number of alkyl carbamates (subject to hydrolysis) is 1. The summed E-state index contributed by atoms with van der Waals surface area (Å²) in [5, 5.41) is 11.8. The normalized spacial score (nSPS) is 17.4. The van der Waals surface area contributed by atoms with Crippen molar-refractivity contribution in [1.82, 2.24) is 15.3 Å². The summed E-state index contributed by atoms with van der Waals surface area (Å²) in [6.45, 7) is 8.22. The van der Waals surface area contributed by atoms with Crippen LogP contribution in [0.15, 0.2) is 66.4 Å². The Morgan fingerprint density at radius 3 is 2.13 bits per heavy atom. The zero-order valence-electron chi connectivity index (χ0n) is 21.9. The number of amides is 1. The van der Waals surface area contributed by atoms with Gasteiger partial charge in [0.1, 0.15) is 12.7 Å². The second-order valence-corrected chi connectivity index (χ2v) is 10.4. The van der Waals surface area contributed by atoms with E-state index in [1.165, 1.54) is 11.1 Å². The second kappa shape index (κ2) is 10.0. The summed E-state index contributed by atoms with van der Waals surface area (Å²) in [7, 11) is -0.690. The van der Waals surface area contributed by atoms with Crippen LogP contribution in [0.4, 0.5) is 4.79 Å². The maximum absolute atomic E-state index is 12.8. The minimum absolute atomic E-state index is 0.0259. The molecule has 5 rings (SSSR count). The Kier molecular flexibility index (Phi) is 6.78. The highest BCUT2D eigenvalue weighted by atomic mass is 16.7. The standard InChI is InChI=1S/C29H29BN4O4/c1-28(2)29(3,4)38-30(37-28)20(13-19-15-32-26(14-31)33-16-19)17-34-27(35)36-18-25-23-11-7-5-9-21(23)22-10-6-8-12-24(22)25/h5-13,15-16,25H,17-18H2,1-4H3,(H,34,35). The summed E-state index contributed by atoms with van der Waals surface area (Å²) < 4.78 is 18.1. The molecule has 1 aliphatic carbocycles. The lowest BCUT2D eigenvalue weighted by Gasteiger charge is -2.32. The van der Waals surface area contributed by atoms with E-state index in [0.29, 0.717) is 11.0 Å². The third-order valence-corrected chi connectivity index (χ3v) is 7.46. The lowest BCUT2D eigenvalue weighted by atomic mass is 9.77. The molecule has 2 aliphatic rings. The third kappa shape index (κ3) is 4.93. The van der Waals surface area contributed by atoms with E-state index in [-0.39, 0.29) is 24.9 Å². The van der Waals surface area contributed by atoms with Gasteiger partial charge in [-0.05, 0) is 55.4 Å². The average molecular weight is 508 g/mol. The van der Waals surface area contributed by atoms with Crippen LogP contribution in [0, 0.1) is 11.3 Å². The van der Waals surface area contributed by atoms with Crippen LogP contribution in [-0.2, 0) is 14.0 Å². The monoisotopic (exact) mass is 508 g/mol. The minimum Gasteiger partial charge on any atom is -0.449 e. The molecule has 1 aromatic heterocycles. The van der Waals surface area contributed by atoms with Crippen molar-refractivity contribution in [2.75, 3.05) is 13.2 Å². The number of benzene rings is 2. The molecule has 0 spiro atoms. The summed E-state index contributed by atoms with van der Waals surface area (Å²) in [4.78, 5) is 20.9. The van der Waals surface area contributed by atoms with Gasteiger partial charge < -0.3 is 19.4 Å². The summed E-state index contributed by atoms with van der Waals surface area (Å²) >= 11 is 0. The lowest BCUT2D eigenvalue weighted by Crippen LogP contribution is -2.41. The van der Waals surface area contributed by atoms with Gasteiger partial charge in [-0.2, -0.15) is 5.26 Å². The van der Waals surface area contributed by atoms with Gasteiger partial charge in [-0.15, -0.1) is 0 Å². The fourth-order valence-corrected chi connectivity index (χ4v) is 4.70. The van der Waals surface area contributed by atoms with Crippen molar-refractivity contribution in [3.63, 3.8) is 0 Å². The molecular formula is C29H29BN4O4. The van der Waals surface area contributed by atoms with E-state index in [1.807, 2.05) is 58.0 Å². The van der Waals surface area contributed by atoms with Gasteiger partial charge >= 0.3 is 13.2 Å². The number of fused-ring (bicyclic) bond motifs is 3. The maximum atomic E-state index is 12.8. The van der Waals surface area contributed by atoms with Crippen LogP contribution in [0.25, 0.3) is 17.2 Å². The quantitative estimate of drug-likeness (QED) is 0.472. The Morgan fingerprint density at radius 2 is 1.58 bits per heavy atom. The molecule has 0 radical (unpaired) electrons. The summed E-state index contributed by atoms with van der Waals surface area (Å²) in [6, 6.07) is 18.3. The summed E-state index contributed by atoms with van der Waals surface area (Å²) in [6.07, 6.45) is 4.35. The van der Waals surface area contributed by atoms with Crippen molar-refractivity contribution in [3.05, 3.63) is 88.9 Å². The molecule has 1 saturated heterocycles. The van der Waals surface area contributed by atoms with E-state index in [0.717, 1.165) is 11.1 Å². The van der Waals surface area contributed by atoms with Crippen molar-refractivity contribution in [3.8, 4) is 17.2 Å². The predicted octanol–water partition coefficient (Wildman–Crippen LogP) is 4.90. The number of hydrogen-bond acceptors (Lipinski definition) is 7. The number of nitrogens with one attached hydrogen (secondary N) is 1. The summed E-state index contributed by atoms with van der Waals surface area (Å²) in [5.74, 6) is 0.0538. The first-order valence-electron chi connectivity index (χ1n) is 12.6. The molecule has 2 heterocycles. The lowest BCUT2D eigenvalue weighted by molar-refractivity contribution is 0.00578. The fraction of sp³-hybridized carbons (Fsp3) is 0.310. The molecule has 0 bridgehead atoms. The van der Waals surface area contributed by atoms with Gasteiger partial charge in [-0.3, -0.25) is 0 Å². The van der Waals surface area contributed by atoms with E-state index in [4.69, 9.17) is 19.3 Å². The SMILES string of the molecule is CC1(C)OB(C(=Cc2cnc(C#N)nc2)CNC(=O)OCC2c3ccccc3-c3ccccc32)OC1(C)C. The number of aromatic nitrogens is 2. The zero-order chi connectivity index (χ0) is 26.9. The largest absolute Gasteiger partial charge is 0.492 e. The van der Waals surface area contributed by atoms with E-state index >= 15 is 0 Å². The van der Waals surface area contributed by atoms with Crippen molar-refractivity contribution < 1.29 is 18.8 Å². The highest BCUT2D eigenvalue weighted by molar-refractivity contribution is 6.56. The summed E-state index contributed by atoms with van der Waals surface area (Å²) in [5.41, 5.74) is 4.87. The van der Waals surface area contributed by atoms with Gasteiger partial charge in [0.05, 0.1) is 11.2 Å². The van der Waals surface area contributed by atoms with Crippen LogP contribution in [0.1, 0.15) is 56.1 Å². The van der Waals surface area contributed by atoms with Crippen LogP contribution < -0.4 is 5.32 Å². The molecule has 1 N–H and O–H groups in total. The van der Waals surface area contributed by atoms with Gasteiger partial charge in [0.15, 0.2) is 0 Å². The number of carbonyl (C=O) groups is 1. The minimum atomic E-state index is -0.690. The third-order valence-electron chi connectivity index (χ3n) is 7.46. The van der Waals surface area contributed by atoms with Gasteiger partial charge in [-0.25, -0.2) is 14.8 Å². The molecule has 0 unspecified atom stereocenters. The van der Waals surface area contributed by atoms with E-state index in [2.05, 4.69) is 39.6 Å². The molecule has 0 atom stereocenters. The van der Waals surface area contributed by atoms with Crippen LogP contribution in [0.5, 0.6) is 0 Å². The van der Waals surface area contributed by atoms with Crippen LogP contribution >= 0.6 is 0 Å². The van der Waals surface area contributed by atoms with Gasteiger partial charge in [0.2, 0.25) is 5.82 Å². The van der Waals surface area contributed by atoms with E-state index in [1.54, 1.807) is 18.5 Å². The molecule has 192 valence electrons. The fourth-order valence-electron chi connectivity index (χ4n) is 4.70. The number of nitrogens with zero attached hydrogens (tertiary/aromatic N) is 3. The molecule has 8 nitrogen and oxygen atoms in total. The highest BCUT2D eigenvalue weighted by Crippen LogP contribution is 2.44. The Morgan fingerprint density at radius 1 is 1.03 bits per heavy atom. The van der Waals surface area contributed by atoms with Crippen molar-refractivity contribution in [2.45, 2.75) is 44.8 Å². The Labute approximate surface area is 222 Å². The Hall–Kier alpha value is -4.00. The molecule has 38 heavy (non-hydrogen) atoms. The highest BCUT2D eigenvalue weighted by Gasteiger charge is 2.52. The van der Waals surface area contributed by atoms with Crippen LogP contribution in [0.2, 0.25) is 0 Å². The van der Waals surface area contributed by atoms with E-state index in [9.17, 15) is 4.79 Å². The van der Waals surface area contributed by atoms with Crippen LogP contribution in [-0.4, -0.2) is 47.5 Å². The topological polar surface area (TPSA) is 106 Å². The molecule has 1 aliphatic heterocycles. The number of rotatable bonds is 6. The molecule has 0 saturated carbocycles. The van der Waals surface area contributed by atoms with Crippen molar-refractivity contribution >= 4 is 19.3 Å². The first-order chi connectivity index (χ1) is 18.2. The first kappa shape index (κ1) is 25.6. The second-order valence-electron chi connectivity index (χ2n) is 10.4.